The summed E-state index contributed by atoms with van der Waals surface area (Å²) in [6.07, 6.45) is 1.78. The summed E-state index contributed by atoms with van der Waals surface area (Å²) in [6, 6.07) is 17.1. The van der Waals surface area contributed by atoms with Crippen molar-refractivity contribution in [1.82, 2.24) is 14.9 Å². The van der Waals surface area contributed by atoms with Crippen molar-refractivity contribution in [2.45, 2.75) is 0 Å². The molecule has 1 aliphatic heterocycles. The van der Waals surface area contributed by atoms with E-state index in [0.717, 1.165) is 11.4 Å². The molecule has 1 aliphatic rings. The Kier molecular flexibility index (Phi) is 5.79. The van der Waals surface area contributed by atoms with E-state index in [0.29, 0.717) is 49.1 Å². The van der Waals surface area contributed by atoms with Crippen LogP contribution >= 0.6 is 0 Å². The molecule has 7 heteroatoms. The molecule has 0 radical (unpaired) electrons. The molecule has 1 amide bonds. The maximum atomic E-state index is 12.9. The number of anilines is 1. The molecule has 1 fully saturated rings. The van der Waals surface area contributed by atoms with Crippen LogP contribution in [-0.2, 0) is 0 Å². The SMILES string of the molecule is COc1ccc(C(=O)N2CCN(c3ccnc(-c4ccccc4)n3)CC2)cc1OC. The number of hydrogen-bond donors (Lipinski definition) is 0. The lowest BCUT2D eigenvalue weighted by atomic mass is 10.1. The van der Waals surface area contributed by atoms with Gasteiger partial charge in [0.05, 0.1) is 14.2 Å². The van der Waals surface area contributed by atoms with Gasteiger partial charge in [-0.25, -0.2) is 9.97 Å². The highest BCUT2D eigenvalue weighted by Gasteiger charge is 2.24. The predicted octanol–water partition coefficient (Wildman–Crippen LogP) is 3.12. The van der Waals surface area contributed by atoms with Crippen LogP contribution in [0.2, 0.25) is 0 Å². The van der Waals surface area contributed by atoms with Crippen LogP contribution in [0.3, 0.4) is 0 Å². The van der Waals surface area contributed by atoms with E-state index < -0.39 is 0 Å². The van der Waals surface area contributed by atoms with Crippen LogP contribution in [0.15, 0.2) is 60.8 Å². The number of benzene rings is 2. The van der Waals surface area contributed by atoms with Crippen LogP contribution in [0.1, 0.15) is 10.4 Å². The molecule has 0 spiro atoms. The van der Waals surface area contributed by atoms with Gasteiger partial charge in [0.15, 0.2) is 17.3 Å². The zero-order valence-corrected chi connectivity index (χ0v) is 17.1. The molecule has 0 bridgehead atoms. The lowest BCUT2D eigenvalue weighted by Gasteiger charge is -2.35. The fraction of sp³-hybridized carbons (Fsp3) is 0.261. The molecule has 2 aromatic carbocycles. The van der Waals surface area contributed by atoms with Crippen LogP contribution in [0.5, 0.6) is 11.5 Å². The van der Waals surface area contributed by atoms with E-state index in [1.807, 2.05) is 41.3 Å². The number of nitrogens with zero attached hydrogens (tertiary/aromatic N) is 4. The Labute approximate surface area is 175 Å². The number of methoxy groups -OCH3 is 2. The van der Waals surface area contributed by atoms with Gasteiger partial charge in [-0.05, 0) is 24.3 Å². The van der Waals surface area contributed by atoms with Gasteiger partial charge in [-0.2, -0.15) is 0 Å². The second kappa shape index (κ2) is 8.82. The maximum Gasteiger partial charge on any atom is 0.254 e. The Hall–Kier alpha value is -3.61. The van der Waals surface area contributed by atoms with Crippen LogP contribution in [-0.4, -0.2) is 61.2 Å². The van der Waals surface area contributed by atoms with Gasteiger partial charge in [0, 0.05) is 43.5 Å². The first-order valence-corrected chi connectivity index (χ1v) is 9.84. The topological polar surface area (TPSA) is 67.8 Å². The molecule has 30 heavy (non-hydrogen) atoms. The summed E-state index contributed by atoms with van der Waals surface area (Å²) in [5.74, 6) is 2.73. The summed E-state index contributed by atoms with van der Waals surface area (Å²) in [5.41, 5.74) is 1.58. The molecule has 0 unspecified atom stereocenters. The summed E-state index contributed by atoms with van der Waals surface area (Å²) < 4.78 is 10.6. The molecule has 7 nitrogen and oxygen atoms in total. The number of carbonyl (C=O) groups excluding carboxylic acids is 1. The van der Waals surface area contributed by atoms with Crippen molar-refractivity contribution >= 4 is 11.7 Å². The quantitative estimate of drug-likeness (QED) is 0.651. The molecule has 2 heterocycles. The molecule has 1 aromatic heterocycles. The summed E-state index contributed by atoms with van der Waals surface area (Å²) in [6.45, 7) is 2.67. The summed E-state index contributed by atoms with van der Waals surface area (Å²) in [5, 5.41) is 0. The molecule has 0 atom stereocenters. The first kappa shape index (κ1) is 19.7. The standard InChI is InChI=1S/C23H24N4O3/c1-29-19-9-8-18(16-20(19)30-2)23(28)27-14-12-26(13-15-27)21-10-11-24-22(25-21)17-6-4-3-5-7-17/h3-11,16H,12-15H2,1-2H3. The second-order valence-electron chi connectivity index (χ2n) is 6.95. The minimum absolute atomic E-state index is 0.0109. The van der Waals surface area contributed by atoms with E-state index in [9.17, 15) is 4.79 Å². The fourth-order valence-corrected chi connectivity index (χ4v) is 3.54. The van der Waals surface area contributed by atoms with Crippen molar-refractivity contribution in [2.24, 2.45) is 0 Å². The molecule has 154 valence electrons. The van der Waals surface area contributed by atoms with Gasteiger partial charge in [-0.1, -0.05) is 30.3 Å². The third-order valence-electron chi connectivity index (χ3n) is 5.19. The van der Waals surface area contributed by atoms with Crippen LogP contribution in [0, 0.1) is 0 Å². The number of rotatable bonds is 5. The summed E-state index contributed by atoms with van der Waals surface area (Å²) in [7, 11) is 3.14. The van der Waals surface area contributed by atoms with Gasteiger partial charge in [0.2, 0.25) is 0 Å². The van der Waals surface area contributed by atoms with E-state index in [4.69, 9.17) is 14.5 Å². The smallest absolute Gasteiger partial charge is 0.254 e. The molecule has 0 saturated carbocycles. The summed E-state index contributed by atoms with van der Waals surface area (Å²) >= 11 is 0. The Balaban J connectivity index is 1.44. The molecular formula is C23H24N4O3. The molecular weight excluding hydrogens is 380 g/mol. The zero-order chi connectivity index (χ0) is 20.9. The lowest BCUT2D eigenvalue weighted by molar-refractivity contribution is 0.0746. The highest BCUT2D eigenvalue weighted by atomic mass is 16.5. The van der Waals surface area contributed by atoms with Crippen molar-refractivity contribution in [1.29, 1.82) is 0 Å². The van der Waals surface area contributed by atoms with Gasteiger partial charge in [0.1, 0.15) is 5.82 Å². The Morgan fingerprint density at radius 2 is 1.63 bits per heavy atom. The number of hydrogen-bond acceptors (Lipinski definition) is 6. The van der Waals surface area contributed by atoms with E-state index in [1.54, 1.807) is 38.6 Å². The number of piperazine rings is 1. The number of carbonyl (C=O) groups is 1. The molecule has 3 aromatic rings. The lowest BCUT2D eigenvalue weighted by Crippen LogP contribution is -2.49. The Morgan fingerprint density at radius 3 is 2.33 bits per heavy atom. The number of aromatic nitrogens is 2. The van der Waals surface area contributed by atoms with E-state index in [1.165, 1.54) is 0 Å². The van der Waals surface area contributed by atoms with Gasteiger partial charge in [-0.3, -0.25) is 4.79 Å². The monoisotopic (exact) mass is 404 g/mol. The average molecular weight is 404 g/mol. The van der Waals surface area contributed by atoms with E-state index >= 15 is 0 Å². The first-order chi connectivity index (χ1) is 14.7. The number of amides is 1. The number of ether oxygens (including phenoxy) is 2. The van der Waals surface area contributed by atoms with E-state index in [2.05, 4.69) is 9.88 Å². The van der Waals surface area contributed by atoms with Gasteiger partial charge < -0.3 is 19.3 Å². The maximum absolute atomic E-state index is 12.9. The highest BCUT2D eigenvalue weighted by Crippen LogP contribution is 2.28. The first-order valence-electron chi connectivity index (χ1n) is 9.84. The molecule has 4 rings (SSSR count). The fourth-order valence-electron chi connectivity index (χ4n) is 3.54. The largest absolute Gasteiger partial charge is 0.493 e. The minimum Gasteiger partial charge on any atom is -0.493 e. The Bertz CT molecular complexity index is 1020. The van der Waals surface area contributed by atoms with Crippen LogP contribution in [0.4, 0.5) is 5.82 Å². The molecule has 0 aliphatic carbocycles. The predicted molar refractivity (Wildman–Crippen MR) is 115 cm³/mol. The van der Waals surface area contributed by atoms with Crippen LogP contribution < -0.4 is 14.4 Å². The van der Waals surface area contributed by atoms with Gasteiger partial charge in [-0.15, -0.1) is 0 Å². The van der Waals surface area contributed by atoms with Gasteiger partial charge in [0.25, 0.3) is 5.91 Å². The molecule has 0 N–H and O–H groups in total. The molecule has 1 saturated heterocycles. The highest BCUT2D eigenvalue weighted by molar-refractivity contribution is 5.95. The van der Waals surface area contributed by atoms with Gasteiger partial charge >= 0.3 is 0 Å². The van der Waals surface area contributed by atoms with Crippen molar-refractivity contribution < 1.29 is 14.3 Å². The van der Waals surface area contributed by atoms with Crippen LogP contribution in [0.25, 0.3) is 11.4 Å². The van der Waals surface area contributed by atoms with E-state index in [-0.39, 0.29) is 5.91 Å². The third kappa shape index (κ3) is 4.05. The minimum atomic E-state index is -0.0109. The van der Waals surface area contributed by atoms with Crippen molar-refractivity contribution in [3.05, 3.63) is 66.4 Å². The second-order valence-corrected chi connectivity index (χ2v) is 6.95. The zero-order valence-electron chi connectivity index (χ0n) is 17.1. The Morgan fingerprint density at radius 1 is 0.900 bits per heavy atom. The van der Waals surface area contributed by atoms with Crippen molar-refractivity contribution in [3.63, 3.8) is 0 Å². The average Bonchev–Trinajstić information content (AvgIpc) is 2.84. The normalized spacial score (nSPS) is 13.8. The summed E-state index contributed by atoms with van der Waals surface area (Å²) in [4.78, 5) is 26.1. The van der Waals surface area contributed by atoms with Crippen molar-refractivity contribution in [2.75, 3.05) is 45.3 Å². The third-order valence-corrected chi connectivity index (χ3v) is 5.19. The van der Waals surface area contributed by atoms with Crippen molar-refractivity contribution in [3.8, 4) is 22.9 Å².